The fourth-order valence-electron chi connectivity index (χ4n) is 3.86. The lowest BCUT2D eigenvalue weighted by molar-refractivity contribution is 0.0848. The molecule has 2 heteroatoms. The van der Waals surface area contributed by atoms with Crippen LogP contribution in [0.2, 0.25) is 0 Å². The normalized spacial score (nSPS) is 31.3. The van der Waals surface area contributed by atoms with Crippen LogP contribution in [-0.2, 0) is 0 Å². The van der Waals surface area contributed by atoms with Crippen molar-refractivity contribution in [2.24, 2.45) is 17.8 Å². The Bertz CT molecular complexity index is 220. The number of rotatable bonds is 4. The molecule has 1 heterocycles. The van der Waals surface area contributed by atoms with Crippen LogP contribution in [0.3, 0.4) is 0 Å². The summed E-state index contributed by atoms with van der Waals surface area (Å²) in [6.45, 7) is 16.0. The third-order valence-electron chi connectivity index (χ3n) is 5.49. The van der Waals surface area contributed by atoms with Gasteiger partial charge >= 0.3 is 0 Å². The highest BCUT2D eigenvalue weighted by atomic mass is 15.3. The second kappa shape index (κ2) is 7.08. The van der Waals surface area contributed by atoms with E-state index in [1.807, 2.05) is 0 Å². The van der Waals surface area contributed by atoms with Gasteiger partial charge < -0.3 is 4.90 Å². The lowest BCUT2D eigenvalue weighted by atomic mass is 9.77. The molecule has 112 valence electrons. The molecule has 1 aliphatic carbocycles. The van der Waals surface area contributed by atoms with Gasteiger partial charge in [-0.15, -0.1) is 0 Å². The van der Waals surface area contributed by atoms with Crippen molar-refractivity contribution >= 4 is 0 Å². The molecule has 2 rings (SSSR count). The first-order valence-corrected chi connectivity index (χ1v) is 8.52. The van der Waals surface area contributed by atoms with Crippen molar-refractivity contribution in [3.63, 3.8) is 0 Å². The van der Waals surface area contributed by atoms with Crippen LogP contribution in [-0.4, -0.2) is 48.6 Å². The lowest BCUT2D eigenvalue weighted by Gasteiger charge is -2.40. The highest BCUT2D eigenvalue weighted by Crippen LogP contribution is 2.33. The van der Waals surface area contributed by atoms with Crippen LogP contribution in [0.15, 0.2) is 0 Å². The van der Waals surface area contributed by atoms with E-state index in [2.05, 4.69) is 37.5 Å². The van der Waals surface area contributed by atoms with E-state index < -0.39 is 0 Å². The minimum atomic E-state index is 0.726. The van der Waals surface area contributed by atoms with Crippen molar-refractivity contribution < 1.29 is 0 Å². The Labute approximate surface area is 120 Å². The van der Waals surface area contributed by atoms with E-state index in [0.29, 0.717) is 0 Å². The molecule has 0 spiro atoms. The third-order valence-corrected chi connectivity index (χ3v) is 5.49. The van der Waals surface area contributed by atoms with E-state index in [1.54, 1.807) is 0 Å². The zero-order valence-electron chi connectivity index (χ0n) is 13.6. The molecule has 0 radical (unpaired) electrons. The second-order valence-electron chi connectivity index (χ2n) is 7.46. The Kier molecular flexibility index (Phi) is 5.70. The van der Waals surface area contributed by atoms with Crippen molar-refractivity contribution in [1.29, 1.82) is 0 Å². The molecular formula is C17H34N2. The summed E-state index contributed by atoms with van der Waals surface area (Å²) in [5.74, 6) is 2.89. The highest BCUT2D eigenvalue weighted by Gasteiger charge is 2.26. The molecule has 2 nitrogen and oxygen atoms in total. The molecule has 0 atom stereocenters. The Hall–Kier alpha value is -0.0800. The molecular weight excluding hydrogens is 232 g/mol. The van der Waals surface area contributed by atoms with Crippen molar-refractivity contribution in [3.8, 4) is 0 Å². The Morgan fingerprint density at radius 2 is 1.42 bits per heavy atom. The Morgan fingerprint density at radius 3 is 1.89 bits per heavy atom. The maximum Gasteiger partial charge on any atom is 0.0113 e. The van der Waals surface area contributed by atoms with Crippen LogP contribution in [0, 0.1) is 17.8 Å². The van der Waals surface area contributed by atoms with Gasteiger partial charge in [0.15, 0.2) is 0 Å². The average molecular weight is 266 g/mol. The maximum atomic E-state index is 2.72. The van der Waals surface area contributed by atoms with E-state index >= 15 is 0 Å². The lowest BCUT2D eigenvalue weighted by Crippen LogP contribution is -2.50. The first-order chi connectivity index (χ1) is 9.06. The van der Waals surface area contributed by atoms with E-state index in [4.69, 9.17) is 0 Å². The maximum absolute atomic E-state index is 2.72. The molecule has 2 aliphatic rings. The van der Waals surface area contributed by atoms with E-state index in [9.17, 15) is 0 Å². The molecule has 2 fully saturated rings. The summed E-state index contributed by atoms with van der Waals surface area (Å²) in [7, 11) is 0. The van der Waals surface area contributed by atoms with Crippen LogP contribution in [0.5, 0.6) is 0 Å². The number of hydrogen-bond acceptors (Lipinski definition) is 2. The molecule has 19 heavy (non-hydrogen) atoms. The van der Waals surface area contributed by atoms with Crippen LogP contribution in [0.4, 0.5) is 0 Å². The van der Waals surface area contributed by atoms with Gasteiger partial charge in [0.2, 0.25) is 0 Å². The molecule has 1 saturated carbocycles. The van der Waals surface area contributed by atoms with Crippen molar-refractivity contribution in [1.82, 2.24) is 9.80 Å². The fraction of sp³-hybridized carbons (Fsp3) is 1.00. The predicted molar refractivity (Wildman–Crippen MR) is 83.4 cm³/mol. The number of hydrogen-bond donors (Lipinski definition) is 0. The predicted octanol–water partition coefficient (Wildman–Crippen LogP) is 3.47. The van der Waals surface area contributed by atoms with E-state index in [0.717, 1.165) is 23.8 Å². The first kappa shape index (κ1) is 15.3. The minimum absolute atomic E-state index is 0.726. The van der Waals surface area contributed by atoms with Gasteiger partial charge in [-0.25, -0.2) is 0 Å². The third kappa shape index (κ3) is 4.46. The molecule has 0 unspecified atom stereocenters. The number of nitrogens with zero attached hydrogens (tertiary/aromatic N) is 2. The summed E-state index contributed by atoms with van der Waals surface area (Å²) in [5.41, 5.74) is 0. The van der Waals surface area contributed by atoms with Crippen molar-refractivity contribution in [2.75, 3.05) is 32.7 Å². The highest BCUT2D eigenvalue weighted by molar-refractivity contribution is 4.80. The van der Waals surface area contributed by atoms with Crippen LogP contribution in [0.1, 0.15) is 53.4 Å². The minimum Gasteiger partial charge on any atom is -0.301 e. The molecule has 0 aromatic carbocycles. The quantitative estimate of drug-likeness (QED) is 0.769. The average Bonchev–Trinajstić information content (AvgIpc) is 2.40. The summed E-state index contributed by atoms with van der Waals surface area (Å²) in [5, 5.41) is 0. The van der Waals surface area contributed by atoms with E-state index in [1.165, 1.54) is 58.4 Å². The SMILES string of the molecule is CC(C)N1CCN(C[C@H]2CC[C@@H](C(C)C)CC2)CC1. The summed E-state index contributed by atoms with van der Waals surface area (Å²) in [4.78, 5) is 5.34. The smallest absolute Gasteiger partial charge is 0.0113 e. The monoisotopic (exact) mass is 266 g/mol. The largest absolute Gasteiger partial charge is 0.301 e. The van der Waals surface area contributed by atoms with E-state index in [-0.39, 0.29) is 0 Å². The zero-order valence-corrected chi connectivity index (χ0v) is 13.6. The van der Waals surface area contributed by atoms with Crippen LogP contribution in [0.25, 0.3) is 0 Å². The van der Waals surface area contributed by atoms with Gasteiger partial charge in [-0.2, -0.15) is 0 Å². The Balaban J connectivity index is 1.67. The van der Waals surface area contributed by atoms with Gasteiger partial charge in [-0.1, -0.05) is 13.8 Å². The van der Waals surface area contributed by atoms with Gasteiger partial charge in [0.1, 0.15) is 0 Å². The molecule has 0 aromatic rings. The van der Waals surface area contributed by atoms with Gasteiger partial charge in [-0.3, -0.25) is 4.90 Å². The topological polar surface area (TPSA) is 6.48 Å². The summed E-state index contributed by atoms with van der Waals surface area (Å²) >= 11 is 0. The summed E-state index contributed by atoms with van der Waals surface area (Å²) in [6.07, 6.45) is 5.92. The molecule has 0 amide bonds. The van der Waals surface area contributed by atoms with Gasteiger partial charge in [0.25, 0.3) is 0 Å². The molecule has 0 bridgehead atoms. The Morgan fingerprint density at radius 1 is 0.842 bits per heavy atom. The van der Waals surface area contributed by atoms with Gasteiger partial charge in [0, 0.05) is 38.8 Å². The first-order valence-electron chi connectivity index (χ1n) is 8.52. The van der Waals surface area contributed by atoms with Crippen LogP contribution < -0.4 is 0 Å². The number of piperazine rings is 1. The zero-order chi connectivity index (χ0) is 13.8. The summed E-state index contributed by atoms with van der Waals surface area (Å²) < 4.78 is 0. The molecule has 1 aliphatic heterocycles. The van der Waals surface area contributed by atoms with Gasteiger partial charge in [0.05, 0.1) is 0 Å². The molecule has 0 aromatic heterocycles. The van der Waals surface area contributed by atoms with Crippen molar-refractivity contribution in [2.45, 2.75) is 59.4 Å². The van der Waals surface area contributed by atoms with Crippen LogP contribution >= 0.6 is 0 Å². The summed E-state index contributed by atoms with van der Waals surface area (Å²) in [6, 6.07) is 0.726. The van der Waals surface area contributed by atoms with Crippen molar-refractivity contribution in [3.05, 3.63) is 0 Å². The molecule has 1 saturated heterocycles. The fourth-order valence-corrected chi connectivity index (χ4v) is 3.86. The second-order valence-corrected chi connectivity index (χ2v) is 7.46. The van der Waals surface area contributed by atoms with Gasteiger partial charge in [-0.05, 0) is 57.3 Å². The molecule has 0 N–H and O–H groups in total. The standard InChI is InChI=1S/C17H34N2/c1-14(2)17-7-5-16(6-8-17)13-18-9-11-19(12-10-18)15(3)4/h14-17H,5-13H2,1-4H3/t16-,17+.